The summed E-state index contributed by atoms with van der Waals surface area (Å²) in [6, 6.07) is -1.65. The summed E-state index contributed by atoms with van der Waals surface area (Å²) in [4.78, 5) is 20.8. The monoisotopic (exact) mass is 294 g/mol. The zero-order valence-corrected chi connectivity index (χ0v) is 11.5. The lowest BCUT2D eigenvalue weighted by molar-refractivity contribution is -0.139. The maximum Gasteiger partial charge on any atom is 0.321 e. The minimum absolute atomic E-state index is 0.359. The third-order valence-corrected chi connectivity index (χ3v) is 4.25. The van der Waals surface area contributed by atoms with Crippen LogP contribution in [0.5, 0.6) is 0 Å². The van der Waals surface area contributed by atoms with Crippen molar-refractivity contribution < 1.29 is 19.8 Å². The predicted molar refractivity (Wildman–Crippen MR) is 74.5 cm³/mol. The number of rotatable bonds is 10. The lowest BCUT2D eigenvalue weighted by Crippen LogP contribution is -2.32. The van der Waals surface area contributed by atoms with Crippen molar-refractivity contribution in [2.75, 3.05) is 11.5 Å². The van der Waals surface area contributed by atoms with Gasteiger partial charge < -0.3 is 21.7 Å². The summed E-state index contributed by atoms with van der Waals surface area (Å²) >= 11 is 0. The van der Waals surface area contributed by atoms with Crippen LogP contribution in [0, 0.1) is 0 Å². The first-order chi connectivity index (χ1) is 8.45. The molecular weight excluding hydrogens is 276 g/mol. The number of hydrogen-bond acceptors (Lipinski definition) is 6. The van der Waals surface area contributed by atoms with Crippen LogP contribution in [0.4, 0.5) is 0 Å². The van der Waals surface area contributed by atoms with Crippen molar-refractivity contribution in [1.29, 1.82) is 0 Å². The average Bonchev–Trinajstić information content (AvgIpc) is 2.31. The molecule has 0 amide bonds. The molecule has 8 heteroatoms. The molecule has 0 spiro atoms. The van der Waals surface area contributed by atoms with E-state index >= 15 is 0 Å². The fourth-order valence-corrected chi connectivity index (χ4v) is 2.81. The summed E-state index contributed by atoms with van der Waals surface area (Å²) in [7, 11) is 2.90. The van der Waals surface area contributed by atoms with Gasteiger partial charge in [0.15, 0.2) is 0 Å². The second-order valence-electron chi connectivity index (χ2n) is 3.51. The molecule has 0 heterocycles. The molecule has 0 aliphatic rings. The number of carboxylic acid groups (broad SMARTS) is 2. The van der Waals surface area contributed by atoms with Crippen molar-refractivity contribution in [2.45, 2.75) is 24.9 Å². The molecule has 0 aromatic heterocycles. The topological polar surface area (TPSA) is 127 Å². The van der Waals surface area contributed by atoms with Crippen LogP contribution in [0.25, 0.3) is 0 Å². The second kappa shape index (κ2) is 10.2. The van der Waals surface area contributed by atoms with Crippen molar-refractivity contribution >= 4 is 33.5 Å². The SMILES string of the molecule is N[C@@H](CCC=CCSSC[C@H](N)C(=O)O)C(=O)O. The van der Waals surface area contributed by atoms with Gasteiger partial charge in [-0.05, 0) is 12.8 Å². The van der Waals surface area contributed by atoms with Crippen LogP contribution in [-0.4, -0.2) is 45.7 Å². The molecule has 0 fully saturated rings. The van der Waals surface area contributed by atoms with Crippen molar-refractivity contribution in [1.82, 2.24) is 0 Å². The Morgan fingerprint density at radius 1 is 1.06 bits per heavy atom. The van der Waals surface area contributed by atoms with Gasteiger partial charge in [-0.25, -0.2) is 0 Å². The van der Waals surface area contributed by atoms with Gasteiger partial charge in [-0.2, -0.15) is 0 Å². The van der Waals surface area contributed by atoms with Gasteiger partial charge in [0.2, 0.25) is 0 Å². The molecule has 0 radical (unpaired) electrons. The van der Waals surface area contributed by atoms with Crippen LogP contribution in [-0.2, 0) is 9.59 Å². The largest absolute Gasteiger partial charge is 0.480 e. The van der Waals surface area contributed by atoms with Crippen LogP contribution in [0.15, 0.2) is 12.2 Å². The minimum Gasteiger partial charge on any atom is -0.480 e. The van der Waals surface area contributed by atoms with Gasteiger partial charge in [-0.15, -0.1) is 0 Å². The summed E-state index contributed by atoms with van der Waals surface area (Å²) in [5.41, 5.74) is 10.6. The van der Waals surface area contributed by atoms with Crippen LogP contribution < -0.4 is 11.5 Å². The normalized spacial score (nSPS) is 14.6. The molecule has 2 atom stereocenters. The molecule has 0 aromatic rings. The molecule has 0 aliphatic carbocycles. The zero-order chi connectivity index (χ0) is 14.0. The maximum atomic E-state index is 10.4. The first-order valence-electron chi connectivity index (χ1n) is 5.31. The Morgan fingerprint density at radius 3 is 2.22 bits per heavy atom. The highest BCUT2D eigenvalue weighted by Gasteiger charge is 2.10. The second-order valence-corrected chi connectivity index (χ2v) is 6.06. The third kappa shape index (κ3) is 9.34. The Labute approximate surface area is 114 Å². The minimum atomic E-state index is -0.999. The lowest BCUT2D eigenvalue weighted by Gasteiger charge is -2.04. The number of carboxylic acids is 2. The van der Waals surface area contributed by atoms with E-state index in [0.717, 1.165) is 5.75 Å². The van der Waals surface area contributed by atoms with E-state index in [-0.39, 0.29) is 0 Å². The van der Waals surface area contributed by atoms with E-state index in [1.165, 1.54) is 21.6 Å². The molecule has 0 saturated carbocycles. The van der Waals surface area contributed by atoms with Crippen LogP contribution in [0.1, 0.15) is 12.8 Å². The van der Waals surface area contributed by atoms with Crippen molar-refractivity contribution in [2.24, 2.45) is 11.5 Å². The number of nitrogens with two attached hydrogens (primary N) is 2. The molecule has 0 saturated heterocycles. The Morgan fingerprint density at radius 2 is 1.67 bits per heavy atom. The molecule has 104 valence electrons. The molecule has 0 unspecified atom stereocenters. The van der Waals surface area contributed by atoms with Gasteiger partial charge in [-0.3, -0.25) is 9.59 Å². The van der Waals surface area contributed by atoms with E-state index < -0.39 is 24.0 Å². The summed E-state index contributed by atoms with van der Waals surface area (Å²) in [5.74, 6) is -0.908. The van der Waals surface area contributed by atoms with E-state index in [0.29, 0.717) is 18.6 Å². The molecule has 0 bridgehead atoms. The van der Waals surface area contributed by atoms with E-state index in [4.69, 9.17) is 21.7 Å². The highest BCUT2D eigenvalue weighted by Crippen LogP contribution is 2.21. The van der Waals surface area contributed by atoms with Crippen molar-refractivity contribution in [3.8, 4) is 0 Å². The molecule has 6 N–H and O–H groups in total. The van der Waals surface area contributed by atoms with Gasteiger partial charge in [-0.1, -0.05) is 33.7 Å². The summed E-state index contributed by atoms with van der Waals surface area (Å²) in [6.45, 7) is 0. The van der Waals surface area contributed by atoms with Gasteiger partial charge >= 0.3 is 11.9 Å². The zero-order valence-electron chi connectivity index (χ0n) is 9.82. The van der Waals surface area contributed by atoms with E-state index in [1.807, 2.05) is 12.2 Å². The van der Waals surface area contributed by atoms with E-state index in [1.54, 1.807) is 0 Å². The van der Waals surface area contributed by atoms with Crippen LogP contribution >= 0.6 is 21.6 Å². The van der Waals surface area contributed by atoms with Gasteiger partial charge in [0, 0.05) is 11.5 Å². The fraction of sp³-hybridized carbons (Fsp3) is 0.600. The molecule has 18 heavy (non-hydrogen) atoms. The van der Waals surface area contributed by atoms with Crippen molar-refractivity contribution in [3.05, 3.63) is 12.2 Å². The Hall–Kier alpha value is -0.700. The summed E-state index contributed by atoms with van der Waals surface area (Å²) in [5, 5.41) is 17.1. The van der Waals surface area contributed by atoms with E-state index in [9.17, 15) is 9.59 Å². The number of allylic oxidation sites excluding steroid dienone is 1. The van der Waals surface area contributed by atoms with Crippen LogP contribution in [0.2, 0.25) is 0 Å². The Balaban J connectivity index is 3.44. The van der Waals surface area contributed by atoms with E-state index in [2.05, 4.69) is 0 Å². The van der Waals surface area contributed by atoms with Gasteiger partial charge in [0.05, 0.1) is 0 Å². The number of aliphatic carboxylic acids is 2. The van der Waals surface area contributed by atoms with Gasteiger partial charge in [0.25, 0.3) is 0 Å². The standard InChI is InChI=1S/C10H18N2O4S2/c11-7(9(13)14)4-2-1-3-5-17-18-6-8(12)10(15)16/h1,3,7-8H,2,4-6,11-12H2,(H,13,14)(H,15,16)/t7-,8-/m0/s1. The first-order valence-corrected chi connectivity index (χ1v) is 7.80. The lowest BCUT2D eigenvalue weighted by atomic mass is 10.1. The summed E-state index contributed by atoms with van der Waals surface area (Å²) < 4.78 is 0. The van der Waals surface area contributed by atoms with Crippen molar-refractivity contribution in [3.63, 3.8) is 0 Å². The molecule has 0 aliphatic heterocycles. The first kappa shape index (κ1) is 17.3. The highest BCUT2D eigenvalue weighted by molar-refractivity contribution is 8.76. The third-order valence-electron chi connectivity index (χ3n) is 1.94. The highest BCUT2D eigenvalue weighted by atomic mass is 33.1. The Kier molecular flexibility index (Phi) is 9.85. The predicted octanol–water partition coefficient (Wildman–Crippen LogP) is 0.528. The smallest absolute Gasteiger partial charge is 0.321 e. The molecule has 0 rings (SSSR count). The summed E-state index contributed by atoms with van der Waals surface area (Å²) in [6.07, 6.45) is 4.80. The maximum absolute atomic E-state index is 10.4. The number of hydrogen-bond donors (Lipinski definition) is 4. The number of carbonyl (C=O) groups is 2. The quantitative estimate of drug-likeness (QED) is 0.261. The molecule has 0 aromatic carbocycles. The molecular formula is C10H18N2O4S2. The fourth-order valence-electron chi connectivity index (χ4n) is 0.865. The van der Waals surface area contributed by atoms with Gasteiger partial charge in [0.1, 0.15) is 12.1 Å². The average molecular weight is 294 g/mol. The van der Waals surface area contributed by atoms with Crippen LogP contribution in [0.3, 0.4) is 0 Å². The molecule has 6 nitrogen and oxygen atoms in total. The Bertz CT molecular complexity index is 300.